The van der Waals surface area contributed by atoms with E-state index in [2.05, 4.69) is 10.3 Å². The number of carbonyl (C=O) groups is 1. The number of nitrogens with zero attached hydrogens (tertiary/aromatic N) is 2. The molecule has 7 heteroatoms. The lowest BCUT2D eigenvalue weighted by Crippen LogP contribution is -2.26. The normalized spacial score (nSPS) is 10.9. The van der Waals surface area contributed by atoms with E-state index in [4.69, 9.17) is 4.74 Å². The number of aryl methyl sites for hydroxylation is 2. The van der Waals surface area contributed by atoms with Crippen molar-refractivity contribution in [2.24, 2.45) is 0 Å². The average molecular weight is 405 g/mol. The number of thiazole rings is 1. The van der Waals surface area contributed by atoms with Gasteiger partial charge >= 0.3 is 0 Å². The Labute approximate surface area is 171 Å². The first-order chi connectivity index (χ1) is 14.0. The topological polar surface area (TPSA) is 72.7 Å². The van der Waals surface area contributed by atoms with E-state index < -0.39 is 11.5 Å². The number of methoxy groups -OCH3 is 1. The number of anilines is 1. The van der Waals surface area contributed by atoms with Crippen LogP contribution in [0.1, 0.15) is 21.5 Å². The highest BCUT2D eigenvalue weighted by Crippen LogP contribution is 2.27. The molecule has 0 saturated heterocycles. The third kappa shape index (κ3) is 3.52. The molecule has 0 aliphatic carbocycles. The SMILES string of the molecule is COc1cccc(-c2csc3ncc(C(=O)Nc4ccc(C)c(C)c4)c(=O)n23)c1. The van der Waals surface area contributed by atoms with Gasteiger partial charge in [0.05, 0.1) is 12.8 Å². The van der Waals surface area contributed by atoms with Gasteiger partial charge in [-0.1, -0.05) is 18.2 Å². The number of hydrogen-bond acceptors (Lipinski definition) is 5. The van der Waals surface area contributed by atoms with Crippen LogP contribution in [0.25, 0.3) is 16.2 Å². The van der Waals surface area contributed by atoms with Gasteiger partial charge in [0.1, 0.15) is 11.3 Å². The van der Waals surface area contributed by atoms with Crippen LogP contribution in [-0.4, -0.2) is 22.4 Å². The standard InChI is InChI=1S/C22H19N3O3S/c1-13-7-8-16(9-14(13)2)24-20(26)18-11-23-22-25(21(18)27)19(12-29-22)15-5-4-6-17(10-15)28-3/h4-12H,1-3H3,(H,24,26). The quantitative estimate of drug-likeness (QED) is 0.549. The molecule has 4 rings (SSSR count). The maximum Gasteiger partial charge on any atom is 0.271 e. The Morgan fingerprint density at radius 3 is 2.72 bits per heavy atom. The maximum absolute atomic E-state index is 13.1. The molecule has 0 radical (unpaired) electrons. The molecule has 6 nitrogen and oxygen atoms in total. The highest BCUT2D eigenvalue weighted by molar-refractivity contribution is 7.15. The fourth-order valence-corrected chi connectivity index (χ4v) is 3.91. The summed E-state index contributed by atoms with van der Waals surface area (Å²) in [5, 5.41) is 4.64. The fraction of sp³-hybridized carbons (Fsp3) is 0.136. The number of fused-ring (bicyclic) bond motifs is 1. The van der Waals surface area contributed by atoms with Gasteiger partial charge in [-0.2, -0.15) is 0 Å². The molecule has 0 aliphatic rings. The van der Waals surface area contributed by atoms with Crippen molar-refractivity contribution in [3.63, 3.8) is 0 Å². The summed E-state index contributed by atoms with van der Waals surface area (Å²) in [7, 11) is 1.59. The number of carbonyl (C=O) groups excluding carboxylic acids is 1. The number of aromatic nitrogens is 2. The number of benzene rings is 2. The van der Waals surface area contributed by atoms with E-state index in [1.807, 2.05) is 61.7 Å². The minimum atomic E-state index is -0.483. The number of hydrogen-bond donors (Lipinski definition) is 1. The van der Waals surface area contributed by atoms with Gasteiger partial charge in [0.2, 0.25) is 0 Å². The Balaban J connectivity index is 1.76. The summed E-state index contributed by atoms with van der Waals surface area (Å²) >= 11 is 1.34. The predicted molar refractivity (Wildman–Crippen MR) is 115 cm³/mol. The monoisotopic (exact) mass is 405 g/mol. The van der Waals surface area contributed by atoms with Crippen LogP contribution in [0.2, 0.25) is 0 Å². The Morgan fingerprint density at radius 1 is 1.14 bits per heavy atom. The first kappa shape index (κ1) is 18.9. The van der Waals surface area contributed by atoms with Gasteiger partial charge in [-0.05, 0) is 49.2 Å². The molecular weight excluding hydrogens is 386 g/mol. The number of rotatable bonds is 4. The number of nitrogens with one attached hydrogen (secondary N) is 1. The van der Waals surface area contributed by atoms with Gasteiger partial charge in [-0.25, -0.2) is 4.98 Å². The van der Waals surface area contributed by atoms with Crippen molar-refractivity contribution in [2.75, 3.05) is 12.4 Å². The summed E-state index contributed by atoms with van der Waals surface area (Å²) in [6.45, 7) is 3.97. The van der Waals surface area contributed by atoms with Crippen molar-refractivity contribution in [3.8, 4) is 17.0 Å². The minimum absolute atomic E-state index is 0.0109. The Morgan fingerprint density at radius 2 is 1.97 bits per heavy atom. The third-order valence-corrected chi connectivity index (χ3v) is 5.66. The van der Waals surface area contributed by atoms with Gasteiger partial charge in [0, 0.05) is 22.8 Å². The van der Waals surface area contributed by atoms with Crippen LogP contribution < -0.4 is 15.6 Å². The largest absolute Gasteiger partial charge is 0.497 e. The molecular formula is C22H19N3O3S. The van der Waals surface area contributed by atoms with Gasteiger partial charge < -0.3 is 10.1 Å². The molecule has 0 bridgehead atoms. The van der Waals surface area contributed by atoms with Crippen molar-refractivity contribution < 1.29 is 9.53 Å². The van der Waals surface area contributed by atoms with Crippen LogP contribution in [0.3, 0.4) is 0 Å². The zero-order valence-electron chi connectivity index (χ0n) is 16.2. The summed E-state index contributed by atoms with van der Waals surface area (Å²) in [5.74, 6) is 0.203. The lowest BCUT2D eigenvalue weighted by Gasteiger charge is -2.08. The van der Waals surface area contributed by atoms with Crippen LogP contribution >= 0.6 is 11.3 Å². The van der Waals surface area contributed by atoms with E-state index in [1.165, 1.54) is 21.9 Å². The summed E-state index contributed by atoms with van der Waals surface area (Å²) in [5.41, 5.74) is 3.90. The second-order valence-electron chi connectivity index (χ2n) is 6.70. The van der Waals surface area contributed by atoms with Crippen LogP contribution in [0, 0.1) is 13.8 Å². The van der Waals surface area contributed by atoms with E-state index in [1.54, 1.807) is 7.11 Å². The van der Waals surface area contributed by atoms with Gasteiger partial charge in [-0.3, -0.25) is 14.0 Å². The van der Waals surface area contributed by atoms with Crippen molar-refractivity contribution in [1.82, 2.24) is 9.38 Å². The first-order valence-corrected chi connectivity index (χ1v) is 9.88. The average Bonchev–Trinajstić information content (AvgIpc) is 3.16. The van der Waals surface area contributed by atoms with Crippen molar-refractivity contribution in [3.05, 3.63) is 81.1 Å². The molecule has 0 saturated carbocycles. The molecule has 1 N–H and O–H groups in total. The lowest BCUT2D eigenvalue weighted by molar-refractivity contribution is 0.102. The lowest BCUT2D eigenvalue weighted by atomic mass is 10.1. The molecule has 4 aromatic rings. The summed E-state index contributed by atoms with van der Waals surface area (Å²) in [4.78, 5) is 30.7. The predicted octanol–water partition coefficient (Wildman–Crippen LogP) is 4.30. The van der Waals surface area contributed by atoms with E-state index in [0.717, 1.165) is 16.7 Å². The molecule has 146 valence electrons. The molecule has 0 fully saturated rings. The van der Waals surface area contributed by atoms with Crippen molar-refractivity contribution in [1.29, 1.82) is 0 Å². The zero-order valence-corrected chi connectivity index (χ0v) is 17.0. The van der Waals surface area contributed by atoms with Crippen molar-refractivity contribution in [2.45, 2.75) is 13.8 Å². The molecule has 0 spiro atoms. The fourth-order valence-electron chi connectivity index (χ4n) is 3.05. The Bertz CT molecular complexity index is 1290. The van der Waals surface area contributed by atoms with Gasteiger partial charge in [0.25, 0.3) is 11.5 Å². The van der Waals surface area contributed by atoms with Crippen molar-refractivity contribution >= 4 is 27.9 Å². The van der Waals surface area contributed by atoms with Gasteiger partial charge in [0.15, 0.2) is 4.96 Å². The highest BCUT2D eigenvalue weighted by atomic mass is 32.1. The Hall–Kier alpha value is -3.45. The smallest absolute Gasteiger partial charge is 0.271 e. The minimum Gasteiger partial charge on any atom is -0.497 e. The second-order valence-corrected chi connectivity index (χ2v) is 7.54. The van der Waals surface area contributed by atoms with E-state index >= 15 is 0 Å². The maximum atomic E-state index is 13.1. The van der Waals surface area contributed by atoms with E-state index in [-0.39, 0.29) is 5.56 Å². The van der Waals surface area contributed by atoms with Crippen LogP contribution in [0.15, 0.2) is 58.8 Å². The second kappa shape index (κ2) is 7.52. The zero-order chi connectivity index (χ0) is 20.5. The summed E-state index contributed by atoms with van der Waals surface area (Å²) in [6.07, 6.45) is 1.33. The van der Waals surface area contributed by atoms with Crippen LogP contribution in [-0.2, 0) is 0 Å². The molecule has 2 aromatic heterocycles. The van der Waals surface area contributed by atoms with E-state index in [0.29, 0.717) is 22.1 Å². The molecule has 2 aromatic carbocycles. The molecule has 2 heterocycles. The van der Waals surface area contributed by atoms with Crippen LogP contribution in [0.5, 0.6) is 5.75 Å². The molecule has 0 atom stereocenters. The third-order valence-electron chi connectivity index (χ3n) is 4.82. The molecule has 0 unspecified atom stereocenters. The Kier molecular flexibility index (Phi) is 4.90. The highest BCUT2D eigenvalue weighted by Gasteiger charge is 2.17. The molecule has 1 amide bonds. The first-order valence-electron chi connectivity index (χ1n) is 9.00. The van der Waals surface area contributed by atoms with E-state index in [9.17, 15) is 9.59 Å². The number of ether oxygens (including phenoxy) is 1. The summed E-state index contributed by atoms with van der Waals surface area (Å²) in [6, 6.07) is 13.0. The molecule has 29 heavy (non-hydrogen) atoms. The van der Waals surface area contributed by atoms with Gasteiger partial charge in [-0.15, -0.1) is 11.3 Å². The van der Waals surface area contributed by atoms with Crippen LogP contribution in [0.4, 0.5) is 5.69 Å². The summed E-state index contributed by atoms with van der Waals surface area (Å²) < 4.78 is 6.74. The number of amides is 1. The molecule has 0 aliphatic heterocycles.